The van der Waals surface area contributed by atoms with Crippen LogP contribution < -0.4 is 5.32 Å². The minimum absolute atomic E-state index is 0.209. The Morgan fingerprint density at radius 2 is 2.47 bits per heavy atom. The summed E-state index contributed by atoms with van der Waals surface area (Å²) in [6.45, 7) is 1.02. The number of nitrogens with zero attached hydrogens (tertiary/aromatic N) is 3. The summed E-state index contributed by atoms with van der Waals surface area (Å²) >= 11 is 0. The Morgan fingerprint density at radius 1 is 1.47 bits per heavy atom. The van der Waals surface area contributed by atoms with Gasteiger partial charge in [-0.15, -0.1) is 0 Å². The zero-order valence-corrected chi connectivity index (χ0v) is 8.10. The van der Waals surface area contributed by atoms with Crippen molar-refractivity contribution in [2.45, 2.75) is 18.9 Å². The summed E-state index contributed by atoms with van der Waals surface area (Å²) in [7, 11) is 0. The van der Waals surface area contributed by atoms with E-state index in [1.54, 1.807) is 12.4 Å². The average molecular weight is 205 g/mol. The highest BCUT2D eigenvalue weighted by Gasteiger charge is 2.22. The lowest BCUT2D eigenvalue weighted by Gasteiger charge is -2.00. The second-order valence-corrected chi connectivity index (χ2v) is 3.54. The van der Waals surface area contributed by atoms with Gasteiger partial charge in [-0.25, -0.2) is 4.98 Å². The molecule has 1 aliphatic rings. The van der Waals surface area contributed by atoms with Crippen LogP contribution in [0.25, 0.3) is 11.6 Å². The Balaban J connectivity index is 1.87. The molecule has 2 aromatic rings. The van der Waals surface area contributed by atoms with Crippen molar-refractivity contribution in [2.75, 3.05) is 6.54 Å². The molecule has 0 radical (unpaired) electrons. The van der Waals surface area contributed by atoms with Crippen molar-refractivity contribution in [1.29, 1.82) is 0 Å². The van der Waals surface area contributed by atoms with Crippen molar-refractivity contribution in [3.63, 3.8) is 0 Å². The van der Waals surface area contributed by atoms with Gasteiger partial charge in [-0.05, 0) is 19.4 Å². The molecule has 78 valence electrons. The number of aromatic amines is 1. The molecular formula is C9H11N5O. The van der Waals surface area contributed by atoms with Gasteiger partial charge in [0.25, 0.3) is 0 Å². The average Bonchev–Trinajstić information content (AvgIpc) is 3.02. The monoisotopic (exact) mass is 205 g/mol. The van der Waals surface area contributed by atoms with E-state index in [1.165, 1.54) is 0 Å². The molecule has 1 fully saturated rings. The fourth-order valence-corrected chi connectivity index (χ4v) is 1.76. The fraction of sp³-hybridized carbons (Fsp3) is 0.444. The van der Waals surface area contributed by atoms with Gasteiger partial charge in [-0.3, -0.25) is 0 Å². The molecule has 0 aromatic carbocycles. The van der Waals surface area contributed by atoms with Gasteiger partial charge in [0.05, 0.1) is 6.04 Å². The zero-order chi connectivity index (χ0) is 10.1. The minimum Gasteiger partial charge on any atom is -0.342 e. The first-order valence-corrected chi connectivity index (χ1v) is 5.00. The Morgan fingerprint density at radius 3 is 3.20 bits per heavy atom. The van der Waals surface area contributed by atoms with Crippen LogP contribution in [0.2, 0.25) is 0 Å². The molecule has 0 saturated carbocycles. The second-order valence-electron chi connectivity index (χ2n) is 3.54. The van der Waals surface area contributed by atoms with Crippen molar-refractivity contribution in [2.24, 2.45) is 0 Å². The summed E-state index contributed by atoms with van der Waals surface area (Å²) < 4.78 is 5.19. The van der Waals surface area contributed by atoms with Gasteiger partial charge in [0, 0.05) is 12.4 Å². The van der Waals surface area contributed by atoms with Crippen LogP contribution in [0.5, 0.6) is 0 Å². The number of hydrogen-bond acceptors (Lipinski definition) is 5. The first kappa shape index (κ1) is 8.60. The number of hydrogen-bond donors (Lipinski definition) is 2. The molecule has 1 saturated heterocycles. The molecule has 15 heavy (non-hydrogen) atoms. The maximum absolute atomic E-state index is 5.19. The third-order valence-electron chi connectivity index (χ3n) is 2.51. The van der Waals surface area contributed by atoms with Crippen LogP contribution in [0.1, 0.15) is 24.8 Å². The fourth-order valence-electron chi connectivity index (χ4n) is 1.76. The van der Waals surface area contributed by atoms with Crippen molar-refractivity contribution in [3.05, 3.63) is 18.3 Å². The highest BCUT2D eigenvalue weighted by Crippen LogP contribution is 2.22. The molecule has 0 spiro atoms. The van der Waals surface area contributed by atoms with Gasteiger partial charge in [-0.2, -0.15) is 4.98 Å². The molecule has 2 N–H and O–H groups in total. The van der Waals surface area contributed by atoms with E-state index >= 15 is 0 Å². The Labute approximate surface area is 86.1 Å². The summed E-state index contributed by atoms with van der Waals surface area (Å²) in [6, 6.07) is 0.209. The first-order chi connectivity index (χ1) is 7.43. The van der Waals surface area contributed by atoms with E-state index in [9.17, 15) is 0 Å². The molecule has 6 heteroatoms. The zero-order valence-electron chi connectivity index (χ0n) is 8.10. The molecule has 0 bridgehead atoms. The molecule has 6 nitrogen and oxygen atoms in total. The normalized spacial score (nSPS) is 20.9. The van der Waals surface area contributed by atoms with E-state index in [1.807, 2.05) is 0 Å². The molecule has 0 amide bonds. The molecule has 0 aliphatic carbocycles. The van der Waals surface area contributed by atoms with Crippen LogP contribution in [-0.4, -0.2) is 26.7 Å². The van der Waals surface area contributed by atoms with Gasteiger partial charge < -0.3 is 14.8 Å². The molecule has 3 rings (SSSR count). The van der Waals surface area contributed by atoms with Crippen LogP contribution in [-0.2, 0) is 0 Å². The topological polar surface area (TPSA) is 79.6 Å². The van der Waals surface area contributed by atoms with E-state index in [-0.39, 0.29) is 6.04 Å². The third-order valence-corrected chi connectivity index (χ3v) is 2.51. The van der Waals surface area contributed by atoms with Crippen molar-refractivity contribution < 1.29 is 4.52 Å². The Kier molecular flexibility index (Phi) is 1.99. The maximum atomic E-state index is 5.19. The summed E-state index contributed by atoms with van der Waals surface area (Å²) in [5, 5.41) is 7.19. The van der Waals surface area contributed by atoms with Crippen molar-refractivity contribution in [1.82, 2.24) is 25.4 Å². The number of rotatable bonds is 2. The molecule has 1 atom stereocenters. The lowest BCUT2D eigenvalue weighted by atomic mass is 10.2. The van der Waals surface area contributed by atoms with Crippen LogP contribution in [0, 0.1) is 0 Å². The van der Waals surface area contributed by atoms with Gasteiger partial charge in [0.15, 0.2) is 5.82 Å². The number of H-pyrrole nitrogens is 1. The minimum atomic E-state index is 0.209. The first-order valence-electron chi connectivity index (χ1n) is 5.00. The summed E-state index contributed by atoms with van der Waals surface area (Å²) in [5.41, 5.74) is 0. The lowest BCUT2D eigenvalue weighted by Crippen LogP contribution is -2.12. The standard InChI is InChI=1S/C9H11N5O/c1-2-6(10-3-1)9-13-8(14-15-9)7-11-4-5-12-7/h4-6,10H,1-3H2,(H,11,12). The van der Waals surface area contributed by atoms with Crippen molar-refractivity contribution >= 4 is 0 Å². The number of imidazole rings is 1. The maximum Gasteiger partial charge on any atom is 0.244 e. The van der Waals surface area contributed by atoms with Crippen LogP contribution in [0.4, 0.5) is 0 Å². The summed E-state index contributed by atoms with van der Waals surface area (Å²) in [5.74, 6) is 1.81. The Bertz CT molecular complexity index is 429. The summed E-state index contributed by atoms with van der Waals surface area (Å²) in [6.07, 6.45) is 5.61. The lowest BCUT2D eigenvalue weighted by molar-refractivity contribution is 0.345. The smallest absolute Gasteiger partial charge is 0.244 e. The molecular weight excluding hydrogens is 194 g/mol. The number of nitrogens with one attached hydrogen (secondary N) is 2. The Hall–Kier alpha value is -1.69. The van der Waals surface area contributed by atoms with Crippen LogP contribution in [0.3, 0.4) is 0 Å². The van der Waals surface area contributed by atoms with E-state index in [2.05, 4.69) is 25.4 Å². The van der Waals surface area contributed by atoms with E-state index in [0.29, 0.717) is 17.5 Å². The van der Waals surface area contributed by atoms with E-state index < -0.39 is 0 Å². The molecule has 1 aliphatic heterocycles. The highest BCUT2D eigenvalue weighted by molar-refractivity contribution is 5.40. The van der Waals surface area contributed by atoms with Crippen LogP contribution in [0.15, 0.2) is 16.9 Å². The van der Waals surface area contributed by atoms with Crippen molar-refractivity contribution in [3.8, 4) is 11.6 Å². The van der Waals surface area contributed by atoms with Crippen LogP contribution >= 0.6 is 0 Å². The molecule has 1 unspecified atom stereocenters. The van der Waals surface area contributed by atoms with E-state index in [0.717, 1.165) is 19.4 Å². The third kappa shape index (κ3) is 1.52. The molecule has 2 aromatic heterocycles. The van der Waals surface area contributed by atoms with E-state index in [4.69, 9.17) is 4.52 Å². The van der Waals surface area contributed by atoms with Gasteiger partial charge in [0.2, 0.25) is 11.7 Å². The number of aromatic nitrogens is 4. The predicted molar refractivity (Wildman–Crippen MR) is 51.9 cm³/mol. The molecule has 3 heterocycles. The van der Waals surface area contributed by atoms with Gasteiger partial charge in [-0.1, -0.05) is 5.16 Å². The predicted octanol–water partition coefficient (Wildman–Crippen LogP) is 0.884. The van der Waals surface area contributed by atoms with Gasteiger partial charge in [0.1, 0.15) is 0 Å². The SMILES string of the molecule is c1c[nH]c(-c2noc(C3CCCN3)n2)n1. The largest absolute Gasteiger partial charge is 0.342 e. The van der Waals surface area contributed by atoms with Gasteiger partial charge >= 0.3 is 0 Å². The quantitative estimate of drug-likeness (QED) is 0.760. The second kappa shape index (κ2) is 3.47. The highest BCUT2D eigenvalue weighted by atomic mass is 16.5. The summed E-state index contributed by atoms with van der Waals surface area (Å²) in [4.78, 5) is 11.3.